The first-order valence-electron chi connectivity index (χ1n) is 8.00. The third-order valence-electron chi connectivity index (χ3n) is 3.29. The maximum absolute atomic E-state index is 12.2. The number of nitrogens with one attached hydrogen (secondary N) is 3. The fraction of sp³-hybridized carbons (Fsp3) is 0.353. The van der Waals surface area contributed by atoms with Crippen molar-refractivity contribution in [3.63, 3.8) is 0 Å². The van der Waals surface area contributed by atoms with Crippen LogP contribution in [-0.2, 0) is 19.2 Å². The van der Waals surface area contributed by atoms with Gasteiger partial charge in [0, 0.05) is 6.92 Å². The van der Waals surface area contributed by atoms with Crippen LogP contribution in [-0.4, -0.2) is 53.4 Å². The molecule has 1 aromatic rings. The van der Waals surface area contributed by atoms with Gasteiger partial charge < -0.3 is 25.8 Å². The molecule has 1 rings (SSSR count). The van der Waals surface area contributed by atoms with E-state index in [1.165, 1.54) is 32.9 Å². The fourth-order valence-electron chi connectivity index (χ4n) is 1.91. The normalized spacial score (nSPS) is 12.3. The summed E-state index contributed by atoms with van der Waals surface area (Å²) in [5.74, 6) is -3.72. The van der Waals surface area contributed by atoms with E-state index in [1.807, 2.05) is 0 Å². The molecule has 0 radical (unpaired) electrons. The highest BCUT2D eigenvalue weighted by atomic mass is 16.5. The molecular weight excluding hydrogens is 358 g/mol. The van der Waals surface area contributed by atoms with Gasteiger partial charge >= 0.3 is 11.9 Å². The standard InChI is InChI=1S/C17H21N3O7/c1-9(15(23)20-10(2)17(25)26)19-14(22)8-18-16(24)12-6-4-5-7-13(12)27-11(3)21/h4-7,9-10H,8H2,1-3H3,(H,18,24)(H,19,22)(H,20,23)(H,25,26)/t9-,10-/m1/s1. The quantitative estimate of drug-likeness (QED) is 0.349. The van der Waals surface area contributed by atoms with Gasteiger partial charge in [-0.2, -0.15) is 0 Å². The molecule has 0 aliphatic rings. The zero-order valence-electron chi connectivity index (χ0n) is 15.1. The Kier molecular flexibility index (Phi) is 7.92. The van der Waals surface area contributed by atoms with Gasteiger partial charge in [-0.3, -0.25) is 24.0 Å². The molecule has 0 bridgehead atoms. The number of hydrogen-bond donors (Lipinski definition) is 4. The SMILES string of the molecule is CC(=O)Oc1ccccc1C(=O)NCC(=O)N[C@H](C)C(=O)N[C@H](C)C(=O)O. The molecule has 0 unspecified atom stereocenters. The van der Waals surface area contributed by atoms with Crippen molar-refractivity contribution in [2.24, 2.45) is 0 Å². The Hall–Kier alpha value is -3.43. The summed E-state index contributed by atoms with van der Waals surface area (Å²) in [6.45, 7) is 3.42. The summed E-state index contributed by atoms with van der Waals surface area (Å²) >= 11 is 0. The van der Waals surface area contributed by atoms with Crippen molar-refractivity contribution in [1.82, 2.24) is 16.0 Å². The van der Waals surface area contributed by atoms with Gasteiger partial charge in [0.2, 0.25) is 11.8 Å². The summed E-state index contributed by atoms with van der Waals surface area (Å²) in [6.07, 6.45) is 0. The molecule has 146 valence electrons. The van der Waals surface area contributed by atoms with E-state index in [9.17, 15) is 24.0 Å². The Labute approximate surface area is 155 Å². The number of carbonyl (C=O) groups is 5. The molecule has 4 N–H and O–H groups in total. The fourth-order valence-corrected chi connectivity index (χ4v) is 1.91. The number of para-hydroxylation sites is 1. The average Bonchev–Trinajstić information content (AvgIpc) is 2.59. The number of benzene rings is 1. The van der Waals surface area contributed by atoms with E-state index in [-0.39, 0.29) is 11.3 Å². The molecule has 27 heavy (non-hydrogen) atoms. The number of carboxylic acid groups (broad SMARTS) is 1. The van der Waals surface area contributed by atoms with Gasteiger partial charge in [0.15, 0.2) is 0 Å². The molecular formula is C17H21N3O7. The molecule has 0 saturated heterocycles. The van der Waals surface area contributed by atoms with Crippen molar-refractivity contribution in [2.75, 3.05) is 6.54 Å². The van der Waals surface area contributed by atoms with Crippen molar-refractivity contribution in [2.45, 2.75) is 32.9 Å². The van der Waals surface area contributed by atoms with Crippen LogP contribution in [0.1, 0.15) is 31.1 Å². The minimum Gasteiger partial charge on any atom is -0.480 e. The number of hydrogen-bond acceptors (Lipinski definition) is 6. The summed E-state index contributed by atoms with van der Waals surface area (Å²) in [4.78, 5) is 57.6. The van der Waals surface area contributed by atoms with Crippen LogP contribution in [0.5, 0.6) is 5.75 Å². The first kappa shape index (κ1) is 21.6. The second-order valence-corrected chi connectivity index (χ2v) is 5.63. The number of carbonyl (C=O) groups excluding carboxylic acids is 4. The third-order valence-corrected chi connectivity index (χ3v) is 3.29. The van der Waals surface area contributed by atoms with E-state index in [1.54, 1.807) is 12.1 Å². The maximum atomic E-state index is 12.2. The number of carboxylic acids is 1. The topological polar surface area (TPSA) is 151 Å². The van der Waals surface area contributed by atoms with Gasteiger partial charge in [-0.15, -0.1) is 0 Å². The highest BCUT2D eigenvalue weighted by Gasteiger charge is 2.21. The lowest BCUT2D eigenvalue weighted by molar-refractivity contribution is -0.141. The lowest BCUT2D eigenvalue weighted by atomic mass is 10.2. The lowest BCUT2D eigenvalue weighted by Crippen LogP contribution is -2.51. The summed E-state index contributed by atoms with van der Waals surface area (Å²) in [6, 6.07) is 3.92. The number of amides is 3. The molecule has 10 heteroatoms. The van der Waals surface area contributed by atoms with E-state index in [4.69, 9.17) is 9.84 Å². The Morgan fingerprint density at radius 3 is 2.26 bits per heavy atom. The molecule has 0 aromatic heterocycles. The predicted octanol–water partition coefficient (Wildman–Crippen LogP) is -0.564. The number of aliphatic carboxylic acids is 1. The van der Waals surface area contributed by atoms with E-state index < -0.39 is 48.3 Å². The van der Waals surface area contributed by atoms with Crippen molar-refractivity contribution in [3.8, 4) is 5.75 Å². The van der Waals surface area contributed by atoms with Crippen LogP contribution < -0.4 is 20.7 Å². The molecule has 0 heterocycles. The molecule has 0 saturated carbocycles. The van der Waals surface area contributed by atoms with Crippen LogP contribution in [0.25, 0.3) is 0 Å². The summed E-state index contributed by atoms with van der Waals surface area (Å²) in [5, 5.41) is 15.6. The summed E-state index contributed by atoms with van der Waals surface area (Å²) in [5.41, 5.74) is 0.0709. The first-order valence-corrected chi connectivity index (χ1v) is 8.00. The van der Waals surface area contributed by atoms with E-state index in [0.29, 0.717) is 0 Å². The van der Waals surface area contributed by atoms with Gasteiger partial charge in [0.05, 0.1) is 12.1 Å². The van der Waals surface area contributed by atoms with Crippen LogP contribution in [0.2, 0.25) is 0 Å². The highest BCUT2D eigenvalue weighted by Crippen LogP contribution is 2.17. The van der Waals surface area contributed by atoms with Gasteiger partial charge in [-0.1, -0.05) is 12.1 Å². The highest BCUT2D eigenvalue weighted by molar-refractivity contribution is 5.99. The van der Waals surface area contributed by atoms with E-state index in [0.717, 1.165) is 0 Å². The molecule has 1 aromatic carbocycles. The second-order valence-electron chi connectivity index (χ2n) is 5.63. The van der Waals surface area contributed by atoms with Gasteiger partial charge in [-0.05, 0) is 26.0 Å². The smallest absolute Gasteiger partial charge is 0.325 e. The van der Waals surface area contributed by atoms with Crippen molar-refractivity contribution < 1.29 is 33.8 Å². The Balaban J connectivity index is 2.57. The third kappa shape index (κ3) is 7.14. The molecule has 3 amide bonds. The molecule has 10 nitrogen and oxygen atoms in total. The van der Waals surface area contributed by atoms with Crippen LogP contribution in [0.3, 0.4) is 0 Å². The predicted molar refractivity (Wildman–Crippen MR) is 92.9 cm³/mol. The minimum atomic E-state index is -1.21. The lowest BCUT2D eigenvalue weighted by Gasteiger charge is -2.16. The Bertz CT molecular complexity index is 748. The first-order chi connectivity index (χ1) is 12.6. The van der Waals surface area contributed by atoms with E-state index >= 15 is 0 Å². The van der Waals surface area contributed by atoms with Gasteiger partial charge in [0.25, 0.3) is 5.91 Å². The second kappa shape index (κ2) is 9.90. The van der Waals surface area contributed by atoms with Crippen LogP contribution in [0.4, 0.5) is 0 Å². The number of rotatable bonds is 8. The van der Waals surface area contributed by atoms with Crippen LogP contribution in [0, 0.1) is 0 Å². The molecule has 0 aliphatic heterocycles. The van der Waals surface area contributed by atoms with Crippen molar-refractivity contribution in [3.05, 3.63) is 29.8 Å². The molecule has 0 spiro atoms. The Morgan fingerprint density at radius 2 is 1.67 bits per heavy atom. The maximum Gasteiger partial charge on any atom is 0.325 e. The zero-order chi connectivity index (χ0) is 20.6. The average molecular weight is 379 g/mol. The molecule has 0 aliphatic carbocycles. The van der Waals surface area contributed by atoms with Gasteiger partial charge in [-0.25, -0.2) is 0 Å². The summed E-state index contributed by atoms with van der Waals surface area (Å²) in [7, 11) is 0. The van der Waals surface area contributed by atoms with E-state index in [2.05, 4.69) is 16.0 Å². The van der Waals surface area contributed by atoms with Crippen LogP contribution >= 0.6 is 0 Å². The van der Waals surface area contributed by atoms with Gasteiger partial charge in [0.1, 0.15) is 17.8 Å². The minimum absolute atomic E-state index is 0.0540. The van der Waals surface area contributed by atoms with Crippen molar-refractivity contribution >= 4 is 29.7 Å². The number of esters is 1. The summed E-state index contributed by atoms with van der Waals surface area (Å²) < 4.78 is 4.92. The van der Waals surface area contributed by atoms with Crippen molar-refractivity contribution in [1.29, 1.82) is 0 Å². The monoisotopic (exact) mass is 379 g/mol. The van der Waals surface area contributed by atoms with Crippen LogP contribution in [0.15, 0.2) is 24.3 Å². The molecule has 0 fully saturated rings. The number of ether oxygens (including phenoxy) is 1. The molecule has 2 atom stereocenters. The zero-order valence-corrected chi connectivity index (χ0v) is 15.1. The Morgan fingerprint density at radius 1 is 1.04 bits per heavy atom. The largest absolute Gasteiger partial charge is 0.480 e.